The zero-order valence-corrected chi connectivity index (χ0v) is 15.5. The van der Waals surface area contributed by atoms with Gasteiger partial charge in [-0.1, -0.05) is 35.3 Å². The van der Waals surface area contributed by atoms with E-state index >= 15 is 0 Å². The zero-order valence-electron chi connectivity index (χ0n) is 14.0. The highest BCUT2D eigenvalue weighted by molar-refractivity contribution is 6.33. The van der Waals surface area contributed by atoms with E-state index in [1.807, 2.05) is 18.2 Å². The van der Waals surface area contributed by atoms with Crippen LogP contribution >= 0.6 is 23.2 Å². The molecule has 9 heteroatoms. The first kappa shape index (κ1) is 18.0. The first-order valence-corrected chi connectivity index (χ1v) is 8.26. The van der Waals surface area contributed by atoms with Crippen molar-refractivity contribution in [2.24, 2.45) is 0 Å². The van der Waals surface area contributed by atoms with Crippen LogP contribution in [0, 0.1) is 0 Å². The van der Waals surface area contributed by atoms with Crippen LogP contribution < -0.4 is 20.1 Å². The van der Waals surface area contributed by atoms with E-state index in [4.69, 9.17) is 32.7 Å². The largest absolute Gasteiger partial charge is 0.495 e. The van der Waals surface area contributed by atoms with E-state index in [1.165, 1.54) is 13.3 Å². The number of nitrogens with one attached hydrogen (secondary N) is 2. The topological polar surface area (TPSA) is 81.2 Å². The Kier molecular flexibility index (Phi) is 5.60. The summed E-state index contributed by atoms with van der Waals surface area (Å²) in [6.07, 6.45) is 1.48. The molecule has 0 fully saturated rings. The van der Waals surface area contributed by atoms with Crippen molar-refractivity contribution in [2.45, 2.75) is 0 Å². The van der Waals surface area contributed by atoms with Gasteiger partial charge in [-0.3, -0.25) is 0 Å². The SMILES string of the molecule is COc1cc(Nc2cnnc(Nc3ccccc3Cl)n2)c(OC)cc1Cl. The van der Waals surface area contributed by atoms with E-state index in [1.54, 1.807) is 25.3 Å². The number of nitrogens with zero attached hydrogens (tertiary/aromatic N) is 3. The maximum Gasteiger partial charge on any atom is 0.249 e. The van der Waals surface area contributed by atoms with Gasteiger partial charge in [0, 0.05) is 12.1 Å². The van der Waals surface area contributed by atoms with Crippen LogP contribution in [0.4, 0.5) is 23.1 Å². The molecule has 1 heterocycles. The summed E-state index contributed by atoms with van der Waals surface area (Å²) in [5, 5.41) is 15.0. The predicted molar refractivity (Wildman–Crippen MR) is 102 cm³/mol. The Morgan fingerprint density at radius 3 is 2.38 bits per heavy atom. The fourth-order valence-corrected chi connectivity index (χ4v) is 2.61. The molecular formula is C17H15Cl2N5O2. The third-order valence-corrected chi connectivity index (χ3v) is 4.04. The van der Waals surface area contributed by atoms with Crippen molar-refractivity contribution in [3.05, 3.63) is 52.6 Å². The summed E-state index contributed by atoms with van der Waals surface area (Å²) in [4.78, 5) is 4.37. The fraction of sp³-hybridized carbons (Fsp3) is 0.118. The molecular weight excluding hydrogens is 377 g/mol. The summed E-state index contributed by atoms with van der Waals surface area (Å²) in [5.41, 5.74) is 1.30. The van der Waals surface area contributed by atoms with Gasteiger partial charge in [-0.25, -0.2) is 0 Å². The minimum atomic E-state index is 0.294. The molecule has 0 bridgehead atoms. The monoisotopic (exact) mass is 391 g/mol. The number of ether oxygens (including phenoxy) is 2. The lowest BCUT2D eigenvalue weighted by molar-refractivity contribution is 0.405. The molecule has 0 amide bonds. The Balaban J connectivity index is 1.86. The molecule has 0 aliphatic heterocycles. The van der Waals surface area contributed by atoms with Crippen molar-refractivity contribution in [1.29, 1.82) is 0 Å². The van der Waals surface area contributed by atoms with Crippen LogP contribution in [0.2, 0.25) is 10.0 Å². The van der Waals surface area contributed by atoms with Gasteiger partial charge in [-0.15, -0.1) is 5.10 Å². The Labute approximate surface area is 160 Å². The third-order valence-electron chi connectivity index (χ3n) is 3.42. The minimum Gasteiger partial charge on any atom is -0.495 e. The average Bonchev–Trinajstić information content (AvgIpc) is 2.65. The normalized spacial score (nSPS) is 10.3. The summed E-state index contributed by atoms with van der Waals surface area (Å²) in [7, 11) is 3.08. The van der Waals surface area contributed by atoms with Gasteiger partial charge in [0.1, 0.15) is 11.5 Å². The van der Waals surface area contributed by atoms with E-state index < -0.39 is 0 Å². The lowest BCUT2D eigenvalue weighted by Crippen LogP contribution is -2.03. The van der Waals surface area contributed by atoms with Gasteiger partial charge < -0.3 is 20.1 Å². The van der Waals surface area contributed by atoms with Crippen LogP contribution in [0.15, 0.2) is 42.6 Å². The second-order valence-corrected chi connectivity index (χ2v) is 5.90. The number of hydrogen-bond acceptors (Lipinski definition) is 7. The number of rotatable bonds is 6. The van der Waals surface area contributed by atoms with E-state index in [9.17, 15) is 0 Å². The van der Waals surface area contributed by atoms with Crippen molar-refractivity contribution in [1.82, 2.24) is 15.2 Å². The van der Waals surface area contributed by atoms with Crippen LogP contribution in [0.3, 0.4) is 0 Å². The van der Waals surface area contributed by atoms with Crippen molar-refractivity contribution in [2.75, 3.05) is 24.9 Å². The second-order valence-electron chi connectivity index (χ2n) is 5.08. The maximum atomic E-state index is 6.13. The van der Waals surface area contributed by atoms with Crippen LogP contribution in [0.1, 0.15) is 0 Å². The Hall–Kier alpha value is -2.77. The van der Waals surface area contributed by atoms with Crippen LogP contribution in [-0.2, 0) is 0 Å². The van der Waals surface area contributed by atoms with Crippen molar-refractivity contribution >= 4 is 46.3 Å². The molecule has 26 heavy (non-hydrogen) atoms. The summed E-state index contributed by atoms with van der Waals surface area (Å²) in [6.45, 7) is 0. The van der Waals surface area contributed by atoms with Gasteiger partial charge in [-0.05, 0) is 12.1 Å². The quantitative estimate of drug-likeness (QED) is 0.630. The molecule has 3 aromatic rings. The zero-order chi connectivity index (χ0) is 18.5. The second kappa shape index (κ2) is 8.07. The van der Waals surface area contributed by atoms with Crippen molar-refractivity contribution in [3.63, 3.8) is 0 Å². The van der Waals surface area contributed by atoms with Gasteiger partial charge in [0.25, 0.3) is 0 Å². The summed E-state index contributed by atoms with van der Waals surface area (Å²) in [5.74, 6) is 1.79. The van der Waals surface area contributed by atoms with Crippen LogP contribution in [0.5, 0.6) is 11.5 Å². The van der Waals surface area contributed by atoms with Gasteiger partial charge >= 0.3 is 0 Å². The molecule has 1 aromatic heterocycles. The van der Waals surface area contributed by atoms with Gasteiger partial charge in [0.05, 0.1) is 41.8 Å². The minimum absolute atomic E-state index is 0.294. The van der Waals surface area contributed by atoms with Crippen molar-refractivity contribution in [3.8, 4) is 11.5 Å². The molecule has 134 valence electrons. The smallest absolute Gasteiger partial charge is 0.249 e. The van der Waals surface area contributed by atoms with E-state index in [0.29, 0.717) is 44.7 Å². The van der Waals surface area contributed by atoms with Gasteiger partial charge in [0.15, 0.2) is 5.82 Å². The molecule has 0 aliphatic rings. The van der Waals surface area contributed by atoms with Crippen molar-refractivity contribution < 1.29 is 9.47 Å². The fourth-order valence-electron chi connectivity index (χ4n) is 2.20. The number of methoxy groups -OCH3 is 2. The molecule has 0 aliphatic carbocycles. The standard InChI is InChI=1S/C17H15Cl2N5O2/c1-25-14-8-13(15(26-2)7-11(14)19)21-16-9-20-24-17(23-16)22-12-6-4-3-5-10(12)18/h3-9H,1-2H3,(H2,21,22,23,24). The summed E-state index contributed by atoms with van der Waals surface area (Å²) < 4.78 is 10.6. The molecule has 2 N–H and O–H groups in total. The molecule has 0 saturated carbocycles. The number of para-hydroxylation sites is 1. The van der Waals surface area contributed by atoms with E-state index in [2.05, 4.69) is 25.8 Å². The first-order valence-electron chi connectivity index (χ1n) is 7.50. The highest BCUT2D eigenvalue weighted by Crippen LogP contribution is 2.37. The lowest BCUT2D eigenvalue weighted by atomic mass is 10.2. The highest BCUT2D eigenvalue weighted by atomic mass is 35.5. The molecule has 0 atom stereocenters. The number of halogens is 2. The molecule has 0 spiro atoms. The summed E-state index contributed by atoms with van der Waals surface area (Å²) >= 11 is 12.3. The third kappa shape index (κ3) is 4.07. The predicted octanol–water partition coefficient (Wildman–Crippen LogP) is 4.68. The Morgan fingerprint density at radius 1 is 0.885 bits per heavy atom. The number of hydrogen-bond donors (Lipinski definition) is 2. The highest BCUT2D eigenvalue weighted by Gasteiger charge is 2.12. The average molecular weight is 392 g/mol. The van der Waals surface area contributed by atoms with Gasteiger partial charge in [0.2, 0.25) is 5.95 Å². The molecule has 7 nitrogen and oxygen atoms in total. The van der Waals surface area contributed by atoms with Crippen LogP contribution in [0.25, 0.3) is 0 Å². The summed E-state index contributed by atoms with van der Waals surface area (Å²) in [6, 6.07) is 10.6. The molecule has 0 saturated heterocycles. The lowest BCUT2D eigenvalue weighted by Gasteiger charge is -2.13. The number of anilines is 4. The molecule has 0 radical (unpaired) electrons. The molecule has 3 rings (SSSR count). The maximum absolute atomic E-state index is 6.13. The number of benzene rings is 2. The Bertz CT molecular complexity index is 923. The Morgan fingerprint density at radius 2 is 1.65 bits per heavy atom. The number of aromatic nitrogens is 3. The van der Waals surface area contributed by atoms with E-state index in [0.717, 1.165) is 0 Å². The first-order chi connectivity index (χ1) is 12.6. The van der Waals surface area contributed by atoms with E-state index in [-0.39, 0.29) is 0 Å². The van der Waals surface area contributed by atoms with Gasteiger partial charge in [-0.2, -0.15) is 10.1 Å². The van der Waals surface area contributed by atoms with Crippen LogP contribution in [-0.4, -0.2) is 29.4 Å². The molecule has 0 unspecified atom stereocenters. The molecule has 2 aromatic carbocycles.